The average molecular weight is 203 g/mol. The minimum Gasteiger partial charge on any atom is -0.508 e. The maximum atomic E-state index is 9.29. The molecule has 0 aromatic heterocycles. The molecule has 2 nitrogen and oxygen atoms in total. The fraction of sp³-hybridized carbons (Fsp3) is 0.538. The van der Waals surface area contributed by atoms with E-state index in [1.165, 1.54) is 37.8 Å². The summed E-state index contributed by atoms with van der Waals surface area (Å²) in [5.41, 5.74) is 1.80. The molecule has 1 atom stereocenters. The molecule has 0 bridgehead atoms. The van der Waals surface area contributed by atoms with Gasteiger partial charge in [-0.2, -0.15) is 0 Å². The minimum absolute atomic E-state index is 0.369. The number of phenolic OH excluding ortho intramolecular Hbond substituents is 1. The van der Waals surface area contributed by atoms with E-state index in [1.54, 1.807) is 0 Å². The summed E-state index contributed by atoms with van der Waals surface area (Å²) in [4.78, 5) is 0. The minimum atomic E-state index is 0.369. The summed E-state index contributed by atoms with van der Waals surface area (Å²) >= 11 is 0. The van der Waals surface area contributed by atoms with Crippen molar-refractivity contribution in [3.8, 4) is 5.75 Å². The van der Waals surface area contributed by atoms with Crippen molar-refractivity contribution in [2.24, 2.45) is 0 Å². The maximum Gasteiger partial charge on any atom is 0.115 e. The molecule has 1 aliphatic heterocycles. The Hall–Kier alpha value is -1.02. The Morgan fingerprint density at radius 3 is 2.47 bits per heavy atom. The predicted octanol–water partition coefficient (Wildman–Crippen LogP) is 2.18. The molecular weight excluding hydrogens is 186 g/mol. The van der Waals surface area contributed by atoms with E-state index in [2.05, 4.69) is 17.4 Å². The normalized spacial score (nSPS) is 27.9. The number of rotatable bonds is 2. The van der Waals surface area contributed by atoms with Crippen LogP contribution in [0.1, 0.15) is 31.2 Å². The molecule has 1 aromatic rings. The lowest BCUT2D eigenvalue weighted by Gasteiger charge is -2.23. The first-order valence-corrected chi connectivity index (χ1v) is 5.84. The summed E-state index contributed by atoms with van der Waals surface area (Å²) in [5.74, 6) is 0.369. The summed E-state index contributed by atoms with van der Waals surface area (Å²) in [5, 5.41) is 12.9. The Labute approximate surface area is 90.3 Å². The lowest BCUT2D eigenvalue weighted by Crippen LogP contribution is -2.34. The molecular formula is C13H17NO. The first-order valence-electron chi connectivity index (χ1n) is 5.84. The van der Waals surface area contributed by atoms with Crippen LogP contribution in [0.2, 0.25) is 0 Å². The third kappa shape index (κ3) is 1.44. The van der Waals surface area contributed by atoms with Crippen molar-refractivity contribution in [1.29, 1.82) is 0 Å². The molecule has 15 heavy (non-hydrogen) atoms. The van der Waals surface area contributed by atoms with Crippen LogP contribution in [-0.4, -0.2) is 17.7 Å². The van der Waals surface area contributed by atoms with E-state index in [-0.39, 0.29) is 0 Å². The van der Waals surface area contributed by atoms with Crippen molar-refractivity contribution in [2.45, 2.75) is 37.1 Å². The molecule has 0 spiro atoms. The second-order valence-corrected chi connectivity index (χ2v) is 4.85. The molecule has 1 saturated heterocycles. The van der Waals surface area contributed by atoms with E-state index in [0.29, 0.717) is 17.2 Å². The molecule has 1 unspecified atom stereocenters. The van der Waals surface area contributed by atoms with Crippen LogP contribution in [0.3, 0.4) is 0 Å². The Bertz CT molecular complexity index is 347. The summed E-state index contributed by atoms with van der Waals surface area (Å²) in [6.45, 7) is 1.17. The van der Waals surface area contributed by atoms with Crippen LogP contribution in [0.5, 0.6) is 5.75 Å². The molecule has 2 heteroatoms. The van der Waals surface area contributed by atoms with Crippen LogP contribution in [0.4, 0.5) is 0 Å². The Morgan fingerprint density at radius 2 is 1.93 bits per heavy atom. The van der Waals surface area contributed by atoms with Crippen LogP contribution < -0.4 is 5.32 Å². The van der Waals surface area contributed by atoms with Crippen LogP contribution >= 0.6 is 0 Å². The van der Waals surface area contributed by atoms with Gasteiger partial charge in [0.2, 0.25) is 0 Å². The summed E-state index contributed by atoms with van der Waals surface area (Å²) in [6, 6.07) is 8.46. The van der Waals surface area contributed by atoms with E-state index in [4.69, 9.17) is 0 Å². The third-order valence-electron chi connectivity index (χ3n) is 3.96. The number of aromatic hydroxyl groups is 1. The molecule has 2 N–H and O–H groups in total. The van der Waals surface area contributed by atoms with Gasteiger partial charge >= 0.3 is 0 Å². The van der Waals surface area contributed by atoms with E-state index in [9.17, 15) is 5.11 Å². The Kier molecular flexibility index (Phi) is 1.99. The average Bonchev–Trinajstić information content (AvgIpc) is 2.88. The highest BCUT2D eigenvalue weighted by atomic mass is 16.3. The zero-order valence-corrected chi connectivity index (χ0v) is 8.87. The van der Waals surface area contributed by atoms with Gasteiger partial charge < -0.3 is 10.4 Å². The van der Waals surface area contributed by atoms with Gasteiger partial charge in [0.25, 0.3) is 0 Å². The summed E-state index contributed by atoms with van der Waals surface area (Å²) in [7, 11) is 0. The zero-order valence-electron chi connectivity index (χ0n) is 8.87. The van der Waals surface area contributed by atoms with Gasteiger partial charge in [0.15, 0.2) is 0 Å². The second kappa shape index (κ2) is 3.24. The summed E-state index contributed by atoms with van der Waals surface area (Å²) in [6.07, 6.45) is 5.22. The third-order valence-corrected chi connectivity index (χ3v) is 3.96. The standard InChI is InChI=1S/C13H17NO/c15-11-5-3-10(4-6-11)13(7-8-13)12-2-1-9-14-12/h3-6,12,14-15H,1-2,7-9H2. The maximum absolute atomic E-state index is 9.29. The molecule has 3 rings (SSSR count). The molecule has 1 saturated carbocycles. The predicted molar refractivity (Wildman–Crippen MR) is 60.0 cm³/mol. The highest BCUT2D eigenvalue weighted by Gasteiger charge is 2.50. The van der Waals surface area contributed by atoms with Gasteiger partial charge in [-0.3, -0.25) is 0 Å². The molecule has 1 aliphatic carbocycles. The SMILES string of the molecule is Oc1ccc(C2(C3CCCN3)CC2)cc1. The fourth-order valence-electron chi connectivity index (χ4n) is 2.92. The topological polar surface area (TPSA) is 32.3 Å². The van der Waals surface area contributed by atoms with Gasteiger partial charge in [-0.05, 0) is 49.9 Å². The van der Waals surface area contributed by atoms with Crippen LogP contribution in [0.25, 0.3) is 0 Å². The Balaban J connectivity index is 1.89. The van der Waals surface area contributed by atoms with Crippen molar-refractivity contribution in [3.05, 3.63) is 29.8 Å². The van der Waals surface area contributed by atoms with Crippen molar-refractivity contribution in [3.63, 3.8) is 0 Å². The van der Waals surface area contributed by atoms with Gasteiger partial charge in [0.1, 0.15) is 5.75 Å². The van der Waals surface area contributed by atoms with Gasteiger partial charge in [0, 0.05) is 11.5 Å². The lowest BCUT2D eigenvalue weighted by molar-refractivity contribution is 0.464. The second-order valence-electron chi connectivity index (χ2n) is 4.85. The Morgan fingerprint density at radius 1 is 1.20 bits per heavy atom. The van der Waals surface area contributed by atoms with Crippen LogP contribution in [-0.2, 0) is 5.41 Å². The van der Waals surface area contributed by atoms with Crippen molar-refractivity contribution in [2.75, 3.05) is 6.54 Å². The van der Waals surface area contributed by atoms with Gasteiger partial charge in [-0.1, -0.05) is 12.1 Å². The number of hydrogen-bond donors (Lipinski definition) is 2. The highest BCUT2D eigenvalue weighted by molar-refractivity contribution is 5.37. The van der Waals surface area contributed by atoms with Crippen molar-refractivity contribution < 1.29 is 5.11 Å². The fourth-order valence-corrected chi connectivity index (χ4v) is 2.92. The highest BCUT2D eigenvalue weighted by Crippen LogP contribution is 2.52. The monoisotopic (exact) mass is 203 g/mol. The zero-order chi connectivity index (χ0) is 10.3. The number of hydrogen-bond acceptors (Lipinski definition) is 2. The van der Waals surface area contributed by atoms with E-state index in [0.717, 1.165) is 0 Å². The molecule has 0 amide bonds. The van der Waals surface area contributed by atoms with E-state index in [1.807, 2.05) is 12.1 Å². The molecule has 1 aromatic carbocycles. The van der Waals surface area contributed by atoms with Gasteiger partial charge in [-0.25, -0.2) is 0 Å². The molecule has 2 aliphatic rings. The number of benzene rings is 1. The first kappa shape index (κ1) is 9.22. The lowest BCUT2D eigenvalue weighted by atomic mass is 9.87. The van der Waals surface area contributed by atoms with E-state index < -0.39 is 0 Å². The molecule has 1 heterocycles. The first-order chi connectivity index (χ1) is 7.31. The molecule has 80 valence electrons. The van der Waals surface area contributed by atoms with Crippen molar-refractivity contribution in [1.82, 2.24) is 5.32 Å². The van der Waals surface area contributed by atoms with Gasteiger partial charge in [0.05, 0.1) is 0 Å². The smallest absolute Gasteiger partial charge is 0.115 e. The number of nitrogens with one attached hydrogen (secondary N) is 1. The molecule has 0 radical (unpaired) electrons. The largest absolute Gasteiger partial charge is 0.508 e. The van der Waals surface area contributed by atoms with Crippen molar-refractivity contribution >= 4 is 0 Å². The van der Waals surface area contributed by atoms with Gasteiger partial charge in [-0.15, -0.1) is 0 Å². The molecule has 2 fully saturated rings. The quantitative estimate of drug-likeness (QED) is 0.772. The van der Waals surface area contributed by atoms with Crippen LogP contribution in [0.15, 0.2) is 24.3 Å². The van der Waals surface area contributed by atoms with Crippen LogP contribution in [0, 0.1) is 0 Å². The summed E-state index contributed by atoms with van der Waals surface area (Å²) < 4.78 is 0. The van der Waals surface area contributed by atoms with E-state index >= 15 is 0 Å². The number of phenols is 1.